The number of ether oxygens (including phenoxy) is 1. The Morgan fingerprint density at radius 2 is 2.21 bits per heavy atom. The van der Waals surface area contributed by atoms with Crippen molar-refractivity contribution in [1.29, 1.82) is 0 Å². The Morgan fingerprint density at radius 1 is 1.42 bits per heavy atom. The Hall–Kier alpha value is -2.05. The maximum absolute atomic E-state index is 12.4. The number of benzene rings is 1. The van der Waals surface area contributed by atoms with Gasteiger partial charge in [-0.25, -0.2) is 0 Å². The van der Waals surface area contributed by atoms with E-state index in [1.54, 1.807) is 18.2 Å². The number of hydrogen-bond donors (Lipinski definition) is 3. The van der Waals surface area contributed by atoms with Crippen molar-refractivity contribution in [2.75, 3.05) is 19.7 Å². The second-order valence-electron chi connectivity index (χ2n) is 5.55. The van der Waals surface area contributed by atoms with Crippen LogP contribution in [0.3, 0.4) is 0 Å². The average Bonchev–Trinajstić information content (AvgIpc) is 2.89. The monoisotopic (exact) mass is 350 g/mol. The minimum absolute atomic E-state index is 0.204. The first-order valence-corrected chi connectivity index (χ1v) is 8.31. The Bertz CT molecular complexity index is 680. The summed E-state index contributed by atoms with van der Waals surface area (Å²) in [5.41, 5.74) is 9.15. The van der Waals surface area contributed by atoms with Crippen LogP contribution in [-0.4, -0.2) is 35.8 Å². The smallest absolute Gasteiger partial charge is 0.255 e. The zero-order chi connectivity index (χ0) is 17.5. The molecule has 0 atom stereocenters. The molecule has 4 N–H and O–H groups in total. The van der Waals surface area contributed by atoms with Gasteiger partial charge in [-0.05, 0) is 50.5 Å². The molecule has 0 aliphatic rings. The molecule has 130 valence electrons. The summed E-state index contributed by atoms with van der Waals surface area (Å²) in [5.74, 6) is 0.286. The maximum Gasteiger partial charge on any atom is 0.255 e. The van der Waals surface area contributed by atoms with Gasteiger partial charge in [0.2, 0.25) is 0 Å². The fraction of sp³-hybridized carbons (Fsp3) is 0.412. The van der Waals surface area contributed by atoms with Crippen molar-refractivity contribution < 1.29 is 9.53 Å². The van der Waals surface area contributed by atoms with Crippen molar-refractivity contribution in [2.45, 2.75) is 26.7 Å². The second kappa shape index (κ2) is 8.70. The number of nitrogens with zero attached hydrogens (tertiary/aromatic N) is 1. The van der Waals surface area contributed by atoms with Gasteiger partial charge in [-0.1, -0.05) is 11.6 Å². The first-order valence-electron chi connectivity index (χ1n) is 7.94. The molecule has 0 spiro atoms. The molecule has 0 aliphatic carbocycles. The fourth-order valence-corrected chi connectivity index (χ4v) is 2.65. The highest BCUT2D eigenvalue weighted by Gasteiger charge is 2.13. The van der Waals surface area contributed by atoms with Crippen molar-refractivity contribution in [3.8, 4) is 5.75 Å². The molecule has 1 aromatic carbocycles. The Balaban J connectivity index is 1.91. The Kier molecular flexibility index (Phi) is 6.63. The number of halogens is 1. The number of aryl methyl sites for hydroxylation is 2. The topological polar surface area (TPSA) is 93.0 Å². The molecule has 7 heteroatoms. The number of hydrogen-bond acceptors (Lipinski definition) is 4. The number of H-pyrrole nitrogens is 1. The van der Waals surface area contributed by atoms with Crippen molar-refractivity contribution in [3.63, 3.8) is 0 Å². The molecule has 2 aromatic rings. The molecule has 0 unspecified atom stereocenters. The standard InChI is InChI=1S/C17H23ClN4O2/c1-11-14(12(2)22-21-11)4-3-8-20-17(23)15-10-13(18)5-6-16(15)24-9-7-19/h5-6,10H,3-4,7-9,19H2,1-2H3,(H,20,23)(H,21,22). The van der Waals surface area contributed by atoms with E-state index in [1.165, 1.54) is 5.56 Å². The summed E-state index contributed by atoms with van der Waals surface area (Å²) in [5, 5.41) is 10.5. The van der Waals surface area contributed by atoms with Crippen molar-refractivity contribution >= 4 is 17.5 Å². The van der Waals surface area contributed by atoms with Gasteiger partial charge in [-0.3, -0.25) is 9.89 Å². The summed E-state index contributed by atoms with van der Waals surface area (Å²) in [6.45, 7) is 5.27. The summed E-state index contributed by atoms with van der Waals surface area (Å²) < 4.78 is 5.50. The highest BCUT2D eigenvalue weighted by molar-refractivity contribution is 6.31. The molecule has 1 aromatic heterocycles. The van der Waals surface area contributed by atoms with Crippen LogP contribution >= 0.6 is 11.6 Å². The van der Waals surface area contributed by atoms with E-state index in [2.05, 4.69) is 15.5 Å². The van der Waals surface area contributed by atoms with E-state index in [9.17, 15) is 4.79 Å². The summed E-state index contributed by atoms with van der Waals surface area (Å²) in [4.78, 5) is 12.4. The van der Waals surface area contributed by atoms with Crippen LogP contribution in [0, 0.1) is 13.8 Å². The molecule has 24 heavy (non-hydrogen) atoms. The number of aromatic amines is 1. The van der Waals surface area contributed by atoms with E-state index < -0.39 is 0 Å². The van der Waals surface area contributed by atoms with E-state index in [0.717, 1.165) is 24.2 Å². The van der Waals surface area contributed by atoms with Gasteiger partial charge in [0, 0.05) is 23.8 Å². The third kappa shape index (κ3) is 4.72. The number of rotatable bonds is 8. The van der Waals surface area contributed by atoms with Crippen molar-refractivity contribution in [3.05, 3.63) is 45.7 Å². The lowest BCUT2D eigenvalue weighted by molar-refractivity contribution is 0.0949. The maximum atomic E-state index is 12.4. The van der Waals surface area contributed by atoms with Gasteiger partial charge in [-0.15, -0.1) is 0 Å². The van der Waals surface area contributed by atoms with E-state index in [0.29, 0.717) is 36.0 Å². The van der Waals surface area contributed by atoms with Gasteiger partial charge in [0.25, 0.3) is 5.91 Å². The average molecular weight is 351 g/mol. The number of carbonyl (C=O) groups is 1. The number of aromatic nitrogens is 2. The van der Waals surface area contributed by atoms with Gasteiger partial charge in [0.15, 0.2) is 0 Å². The van der Waals surface area contributed by atoms with Crippen LogP contribution in [-0.2, 0) is 6.42 Å². The normalized spacial score (nSPS) is 10.7. The number of carbonyl (C=O) groups excluding carboxylic acids is 1. The minimum Gasteiger partial charge on any atom is -0.491 e. The van der Waals surface area contributed by atoms with E-state index in [-0.39, 0.29) is 5.91 Å². The Morgan fingerprint density at radius 3 is 2.88 bits per heavy atom. The van der Waals surface area contributed by atoms with E-state index in [4.69, 9.17) is 22.1 Å². The third-order valence-electron chi connectivity index (χ3n) is 3.73. The van der Waals surface area contributed by atoms with Gasteiger partial charge in [0.05, 0.1) is 11.3 Å². The molecule has 0 bridgehead atoms. The lowest BCUT2D eigenvalue weighted by Gasteiger charge is -2.11. The van der Waals surface area contributed by atoms with Crippen LogP contribution in [0.15, 0.2) is 18.2 Å². The summed E-state index contributed by atoms with van der Waals surface area (Å²) in [7, 11) is 0. The molecule has 2 rings (SSSR count). The second-order valence-corrected chi connectivity index (χ2v) is 5.99. The molecule has 0 radical (unpaired) electrons. The zero-order valence-electron chi connectivity index (χ0n) is 14.0. The van der Waals surface area contributed by atoms with Crippen LogP contribution in [0.1, 0.15) is 33.7 Å². The van der Waals surface area contributed by atoms with Crippen LogP contribution in [0.2, 0.25) is 5.02 Å². The van der Waals surface area contributed by atoms with Gasteiger partial charge >= 0.3 is 0 Å². The lowest BCUT2D eigenvalue weighted by Crippen LogP contribution is -2.25. The van der Waals surface area contributed by atoms with Crippen LogP contribution in [0.25, 0.3) is 0 Å². The molecule has 0 aliphatic heterocycles. The van der Waals surface area contributed by atoms with Crippen LogP contribution in [0.4, 0.5) is 0 Å². The molecular formula is C17H23ClN4O2. The number of nitrogens with one attached hydrogen (secondary N) is 2. The summed E-state index contributed by atoms with van der Waals surface area (Å²) in [6, 6.07) is 4.98. The van der Waals surface area contributed by atoms with Gasteiger partial charge in [0.1, 0.15) is 12.4 Å². The Labute approximate surface area is 146 Å². The van der Waals surface area contributed by atoms with Crippen LogP contribution in [0.5, 0.6) is 5.75 Å². The SMILES string of the molecule is Cc1n[nH]c(C)c1CCCNC(=O)c1cc(Cl)ccc1OCCN. The largest absolute Gasteiger partial charge is 0.491 e. The predicted molar refractivity (Wildman–Crippen MR) is 94.7 cm³/mol. The molecular weight excluding hydrogens is 328 g/mol. The summed E-state index contributed by atoms with van der Waals surface area (Å²) >= 11 is 5.99. The molecule has 1 heterocycles. The highest BCUT2D eigenvalue weighted by atomic mass is 35.5. The zero-order valence-corrected chi connectivity index (χ0v) is 14.7. The van der Waals surface area contributed by atoms with E-state index in [1.807, 2.05) is 13.8 Å². The summed E-state index contributed by atoms with van der Waals surface area (Å²) in [6.07, 6.45) is 1.69. The first kappa shape index (κ1) is 18.3. The van der Waals surface area contributed by atoms with Crippen LogP contribution < -0.4 is 15.8 Å². The minimum atomic E-state index is -0.204. The molecule has 6 nitrogen and oxygen atoms in total. The first-order chi connectivity index (χ1) is 11.5. The highest BCUT2D eigenvalue weighted by Crippen LogP contribution is 2.23. The van der Waals surface area contributed by atoms with E-state index >= 15 is 0 Å². The molecule has 0 saturated heterocycles. The van der Waals surface area contributed by atoms with Crippen molar-refractivity contribution in [2.24, 2.45) is 5.73 Å². The lowest BCUT2D eigenvalue weighted by atomic mass is 10.1. The van der Waals surface area contributed by atoms with Gasteiger partial charge in [-0.2, -0.15) is 5.10 Å². The fourth-order valence-electron chi connectivity index (χ4n) is 2.48. The molecule has 0 saturated carbocycles. The molecule has 1 amide bonds. The predicted octanol–water partition coefficient (Wildman–Crippen LogP) is 2.38. The van der Waals surface area contributed by atoms with Gasteiger partial charge < -0.3 is 15.8 Å². The number of nitrogens with two attached hydrogens (primary N) is 1. The van der Waals surface area contributed by atoms with Crippen molar-refractivity contribution in [1.82, 2.24) is 15.5 Å². The third-order valence-corrected chi connectivity index (χ3v) is 3.97. The quantitative estimate of drug-likeness (QED) is 0.637. The number of amides is 1. The molecule has 0 fully saturated rings.